The largest absolute Gasteiger partial charge is 0.496 e. The molecule has 1 heterocycles. The number of hydrogen-bond acceptors (Lipinski definition) is 3. The van der Waals surface area contributed by atoms with E-state index in [9.17, 15) is 8.42 Å². The molecule has 5 nitrogen and oxygen atoms in total. The summed E-state index contributed by atoms with van der Waals surface area (Å²) in [5, 5.41) is 2.34. The lowest BCUT2D eigenvalue weighted by atomic mass is 9.80. The Morgan fingerprint density at radius 2 is 1.62 bits per heavy atom. The molecule has 0 spiro atoms. The van der Waals surface area contributed by atoms with Crippen LogP contribution in [-0.4, -0.2) is 32.6 Å². The number of nitrogens with one attached hydrogen (secondary N) is 1. The Labute approximate surface area is 146 Å². The predicted octanol–water partition coefficient (Wildman–Crippen LogP) is 1.87. The van der Waals surface area contributed by atoms with Gasteiger partial charge in [0.25, 0.3) is 0 Å². The zero-order valence-corrected chi connectivity index (χ0v) is 16.7. The maximum Gasteiger partial charge on any atom is 0.241 e. The van der Waals surface area contributed by atoms with Gasteiger partial charge in [-0.1, -0.05) is 0 Å². The lowest BCUT2D eigenvalue weighted by molar-refractivity contribution is -0.787. The number of rotatable bonds is 4. The molecule has 0 atom stereocenters. The Kier molecular flexibility index (Phi) is 5.06. The van der Waals surface area contributed by atoms with Crippen LogP contribution in [0.4, 0.5) is 0 Å². The van der Waals surface area contributed by atoms with E-state index in [1.807, 2.05) is 13.8 Å². The van der Waals surface area contributed by atoms with Gasteiger partial charge in [0.2, 0.25) is 10.0 Å². The molecule has 1 saturated heterocycles. The molecular formula is C18H31N2O3S+. The fraction of sp³-hybridized carbons (Fsp3) is 0.667. The van der Waals surface area contributed by atoms with Gasteiger partial charge in [-0.2, -0.15) is 0 Å². The topological polar surface area (TPSA) is 72.0 Å². The van der Waals surface area contributed by atoms with Gasteiger partial charge < -0.3 is 10.1 Å². The van der Waals surface area contributed by atoms with Crippen LogP contribution >= 0.6 is 0 Å². The van der Waals surface area contributed by atoms with Crippen molar-refractivity contribution in [3.8, 4) is 5.75 Å². The van der Waals surface area contributed by atoms with E-state index >= 15 is 0 Å². The number of sulfonamides is 1. The molecule has 0 bridgehead atoms. The molecule has 3 N–H and O–H groups in total. The summed E-state index contributed by atoms with van der Waals surface area (Å²) in [6, 6.07) is 3.29. The fourth-order valence-corrected chi connectivity index (χ4v) is 5.70. The van der Waals surface area contributed by atoms with Crippen LogP contribution in [0, 0.1) is 13.8 Å². The van der Waals surface area contributed by atoms with Crippen molar-refractivity contribution in [1.82, 2.24) is 4.72 Å². The minimum atomic E-state index is -3.56. The molecule has 1 aliphatic rings. The van der Waals surface area contributed by atoms with Crippen LogP contribution in [0.3, 0.4) is 0 Å². The number of benzene rings is 1. The molecule has 1 fully saturated rings. The molecule has 1 aliphatic heterocycles. The molecule has 1 aromatic rings. The molecule has 0 saturated carbocycles. The summed E-state index contributed by atoms with van der Waals surface area (Å²) in [6.07, 6.45) is 1.62. The van der Waals surface area contributed by atoms with Crippen molar-refractivity contribution in [2.75, 3.05) is 7.11 Å². The Balaban J connectivity index is 2.31. The van der Waals surface area contributed by atoms with Crippen LogP contribution in [0.5, 0.6) is 5.75 Å². The number of methoxy groups -OCH3 is 1. The fourth-order valence-electron chi connectivity index (χ4n) is 4.17. The van der Waals surface area contributed by atoms with Crippen LogP contribution in [0.15, 0.2) is 17.0 Å². The van der Waals surface area contributed by atoms with Gasteiger partial charge in [0.05, 0.1) is 23.1 Å². The van der Waals surface area contributed by atoms with E-state index in [-0.39, 0.29) is 17.1 Å². The van der Waals surface area contributed by atoms with E-state index in [4.69, 9.17) is 4.74 Å². The van der Waals surface area contributed by atoms with Gasteiger partial charge in [0.1, 0.15) is 5.75 Å². The molecule has 0 amide bonds. The third kappa shape index (κ3) is 4.10. The smallest absolute Gasteiger partial charge is 0.241 e. The van der Waals surface area contributed by atoms with Crippen LogP contribution in [0.2, 0.25) is 0 Å². The van der Waals surface area contributed by atoms with Gasteiger partial charge in [-0.05, 0) is 64.8 Å². The van der Waals surface area contributed by atoms with Gasteiger partial charge >= 0.3 is 0 Å². The maximum atomic E-state index is 12.9. The second-order valence-corrected chi connectivity index (χ2v) is 10.0. The van der Waals surface area contributed by atoms with Gasteiger partial charge in [-0.15, -0.1) is 0 Å². The van der Waals surface area contributed by atoms with Crippen LogP contribution in [-0.2, 0) is 10.0 Å². The summed E-state index contributed by atoms with van der Waals surface area (Å²) in [5.74, 6) is 0.709. The molecule has 2 rings (SSSR count). The van der Waals surface area contributed by atoms with E-state index < -0.39 is 10.0 Å². The number of hydrogen-bond donors (Lipinski definition) is 2. The number of quaternary nitrogens is 1. The summed E-state index contributed by atoms with van der Waals surface area (Å²) in [6.45, 7) is 12.4. The Morgan fingerprint density at radius 3 is 2.12 bits per heavy atom. The van der Waals surface area contributed by atoms with Crippen molar-refractivity contribution in [3.63, 3.8) is 0 Å². The first-order chi connectivity index (χ1) is 10.9. The summed E-state index contributed by atoms with van der Waals surface area (Å²) in [7, 11) is -1.96. The first-order valence-electron chi connectivity index (χ1n) is 8.40. The molecule has 0 radical (unpaired) electrons. The standard InChI is InChI=1S/C18H30N2O3S/c1-12-13(2)16(9-8-15(12)23-7)24(21,22)19-14-10-17(3,4)20-18(5,6)11-14/h8-9,14,19-20H,10-11H2,1-7H3/p+1. The maximum absolute atomic E-state index is 12.9. The normalized spacial score (nSPS) is 20.8. The predicted molar refractivity (Wildman–Crippen MR) is 95.9 cm³/mol. The molecule has 0 aliphatic carbocycles. The highest BCUT2D eigenvalue weighted by atomic mass is 32.2. The zero-order valence-electron chi connectivity index (χ0n) is 15.9. The first kappa shape index (κ1) is 19.2. The quantitative estimate of drug-likeness (QED) is 0.866. The molecular weight excluding hydrogens is 324 g/mol. The highest BCUT2D eigenvalue weighted by Gasteiger charge is 2.43. The van der Waals surface area contributed by atoms with Crippen molar-refractivity contribution in [2.24, 2.45) is 0 Å². The molecule has 6 heteroatoms. The lowest BCUT2D eigenvalue weighted by Crippen LogP contribution is -3.06. The Bertz CT molecular complexity index is 708. The summed E-state index contributed by atoms with van der Waals surface area (Å²) in [5.41, 5.74) is 1.63. The third-order valence-corrected chi connectivity index (χ3v) is 6.51. The highest BCUT2D eigenvalue weighted by molar-refractivity contribution is 7.89. The molecule has 136 valence electrons. The van der Waals surface area contributed by atoms with E-state index in [2.05, 4.69) is 37.7 Å². The van der Waals surface area contributed by atoms with Crippen LogP contribution in [0.25, 0.3) is 0 Å². The van der Waals surface area contributed by atoms with Crippen LogP contribution < -0.4 is 14.8 Å². The summed E-state index contributed by atoms with van der Waals surface area (Å²) < 4.78 is 34.1. The summed E-state index contributed by atoms with van der Waals surface area (Å²) in [4.78, 5) is 0.339. The monoisotopic (exact) mass is 355 g/mol. The molecule has 0 unspecified atom stereocenters. The molecule has 0 aromatic heterocycles. The zero-order chi connectivity index (χ0) is 18.3. The summed E-state index contributed by atoms with van der Waals surface area (Å²) >= 11 is 0. The minimum absolute atomic E-state index is 0.0137. The lowest BCUT2D eigenvalue weighted by Gasteiger charge is -2.43. The van der Waals surface area contributed by atoms with Crippen molar-refractivity contribution in [3.05, 3.63) is 23.3 Å². The Morgan fingerprint density at radius 1 is 1.08 bits per heavy atom. The second-order valence-electron chi connectivity index (χ2n) is 8.36. The first-order valence-corrected chi connectivity index (χ1v) is 9.89. The highest BCUT2D eigenvalue weighted by Crippen LogP contribution is 2.28. The van der Waals surface area contributed by atoms with Crippen molar-refractivity contribution in [2.45, 2.75) is 76.4 Å². The average molecular weight is 356 g/mol. The third-order valence-electron chi connectivity index (χ3n) is 4.85. The van der Waals surface area contributed by atoms with Crippen molar-refractivity contribution >= 4 is 10.0 Å². The number of ether oxygens (including phenoxy) is 1. The van der Waals surface area contributed by atoms with E-state index in [0.29, 0.717) is 10.6 Å². The minimum Gasteiger partial charge on any atom is -0.496 e. The number of piperidine rings is 1. The van der Waals surface area contributed by atoms with Gasteiger partial charge in [0.15, 0.2) is 0 Å². The van der Waals surface area contributed by atoms with Gasteiger partial charge in [-0.3, -0.25) is 0 Å². The SMILES string of the molecule is COc1ccc(S(=O)(=O)NC2CC(C)(C)[NH2+]C(C)(C)C2)c(C)c1C. The van der Waals surface area contributed by atoms with Gasteiger partial charge in [-0.25, -0.2) is 13.1 Å². The van der Waals surface area contributed by atoms with Gasteiger partial charge in [0, 0.05) is 18.9 Å². The molecule has 1 aromatic carbocycles. The van der Waals surface area contributed by atoms with Crippen LogP contribution in [0.1, 0.15) is 51.7 Å². The van der Waals surface area contributed by atoms with E-state index in [1.54, 1.807) is 19.2 Å². The Hall–Kier alpha value is -1.11. The average Bonchev–Trinajstić information content (AvgIpc) is 2.37. The van der Waals surface area contributed by atoms with E-state index in [0.717, 1.165) is 24.0 Å². The van der Waals surface area contributed by atoms with Crippen molar-refractivity contribution in [1.29, 1.82) is 0 Å². The number of nitrogens with two attached hydrogens (primary N) is 1. The second kappa shape index (κ2) is 6.32. The van der Waals surface area contributed by atoms with Crippen molar-refractivity contribution < 1.29 is 18.5 Å². The van der Waals surface area contributed by atoms with E-state index in [1.165, 1.54) is 0 Å². The molecule has 24 heavy (non-hydrogen) atoms.